The van der Waals surface area contributed by atoms with Crippen molar-refractivity contribution in [2.24, 2.45) is 0 Å². The number of rotatable bonds is 4. The third-order valence-electron chi connectivity index (χ3n) is 3.57. The largest absolute Gasteiger partial charge is 0.408 e. The highest BCUT2D eigenvalue weighted by molar-refractivity contribution is 5.84. The summed E-state index contributed by atoms with van der Waals surface area (Å²) in [6, 6.07) is 8.16. The number of hydrogen-bond acceptors (Lipinski definition) is 5. The van der Waals surface area contributed by atoms with Crippen molar-refractivity contribution in [1.82, 2.24) is 15.5 Å². The van der Waals surface area contributed by atoms with Gasteiger partial charge in [0.05, 0.1) is 5.92 Å². The molecule has 1 aromatic carbocycles. The summed E-state index contributed by atoms with van der Waals surface area (Å²) in [5, 5.41) is 10.2. The van der Waals surface area contributed by atoms with Crippen LogP contribution >= 0.6 is 0 Å². The number of fused-ring (bicyclic) bond motifs is 1. The number of benzene rings is 1. The fraction of sp³-hybridized carbons (Fsp3) is 0.357. The van der Waals surface area contributed by atoms with Gasteiger partial charge in [0.1, 0.15) is 0 Å². The van der Waals surface area contributed by atoms with E-state index in [9.17, 15) is 4.79 Å². The van der Waals surface area contributed by atoms with Gasteiger partial charge in [-0.05, 0) is 24.0 Å². The minimum absolute atomic E-state index is 0.0426. The molecule has 6 nitrogen and oxygen atoms in total. The molecular formula is C14H16N4O2. The molecule has 0 aliphatic heterocycles. The van der Waals surface area contributed by atoms with Crippen LogP contribution in [0.15, 0.2) is 28.7 Å². The zero-order valence-electron chi connectivity index (χ0n) is 11.0. The maximum Gasteiger partial charge on any atom is 0.312 e. The zero-order chi connectivity index (χ0) is 13.9. The summed E-state index contributed by atoms with van der Waals surface area (Å²) < 4.78 is 5.05. The summed E-state index contributed by atoms with van der Waals surface area (Å²) in [6.45, 7) is 0.471. The molecule has 3 N–H and O–H groups in total. The number of carbonyl (C=O) groups excluding carboxylic acids is 1. The topological polar surface area (TPSA) is 94.0 Å². The Morgan fingerprint density at radius 3 is 3.05 bits per heavy atom. The van der Waals surface area contributed by atoms with Gasteiger partial charge in [-0.3, -0.25) is 4.79 Å². The van der Waals surface area contributed by atoms with Crippen LogP contribution in [0.5, 0.6) is 0 Å². The lowest BCUT2D eigenvalue weighted by Gasteiger charge is -2.11. The van der Waals surface area contributed by atoms with Gasteiger partial charge in [-0.25, -0.2) is 0 Å². The Morgan fingerprint density at radius 1 is 1.40 bits per heavy atom. The maximum absolute atomic E-state index is 12.2. The van der Waals surface area contributed by atoms with E-state index in [2.05, 4.69) is 21.6 Å². The van der Waals surface area contributed by atoms with Crippen molar-refractivity contribution >= 4 is 11.9 Å². The van der Waals surface area contributed by atoms with Gasteiger partial charge in [0.25, 0.3) is 0 Å². The average Bonchev–Trinajstić information content (AvgIpc) is 3.05. The number of anilines is 1. The van der Waals surface area contributed by atoms with Gasteiger partial charge in [0.15, 0.2) is 0 Å². The second kappa shape index (κ2) is 5.32. The molecule has 0 unspecified atom stereocenters. The molecule has 0 bridgehead atoms. The van der Waals surface area contributed by atoms with E-state index in [-0.39, 0.29) is 17.8 Å². The molecule has 1 aromatic heterocycles. The zero-order valence-corrected chi connectivity index (χ0v) is 11.0. The molecule has 0 saturated heterocycles. The first-order valence-corrected chi connectivity index (χ1v) is 6.67. The molecule has 6 heteroatoms. The van der Waals surface area contributed by atoms with E-state index in [1.807, 2.05) is 18.2 Å². The van der Waals surface area contributed by atoms with Gasteiger partial charge in [-0.2, -0.15) is 0 Å². The molecule has 3 rings (SSSR count). The molecule has 1 amide bonds. The molecule has 1 heterocycles. The summed E-state index contributed by atoms with van der Waals surface area (Å²) in [7, 11) is 0. The number of amides is 1. The van der Waals surface area contributed by atoms with E-state index >= 15 is 0 Å². The standard InChI is InChI=1S/C14H16N4O2/c15-14-18-17-12(20-14)7-8-16-13(19)11-6-5-9-3-1-2-4-10(9)11/h1-4,11H,5-8H2,(H2,15,18)(H,16,19)/t11-/m1/s1. The highest BCUT2D eigenvalue weighted by Crippen LogP contribution is 2.32. The molecule has 1 aliphatic rings. The Hall–Kier alpha value is -2.37. The number of aryl methyl sites for hydroxylation is 1. The van der Waals surface area contributed by atoms with E-state index in [1.54, 1.807) is 0 Å². The van der Waals surface area contributed by atoms with Gasteiger partial charge >= 0.3 is 6.01 Å². The first-order valence-electron chi connectivity index (χ1n) is 6.67. The fourth-order valence-corrected chi connectivity index (χ4v) is 2.61. The van der Waals surface area contributed by atoms with Crippen molar-refractivity contribution in [3.8, 4) is 0 Å². The molecular weight excluding hydrogens is 256 g/mol. The predicted octanol–water partition coefficient (Wildman–Crippen LogP) is 1.04. The highest BCUT2D eigenvalue weighted by atomic mass is 16.4. The predicted molar refractivity (Wildman–Crippen MR) is 72.9 cm³/mol. The number of hydrogen-bond donors (Lipinski definition) is 2. The van der Waals surface area contributed by atoms with Crippen LogP contribution < -0.4 is 11.1 Å². The lowest BCUT2D eigenvalue weighted by atomic mass is 10.0. The number of nitrogen functional groups attached to an aromatic ring is 1. The third kappa shape index (κ3) is 2.49. The Bertz CT molecular complexity index is 623. The minimum atomic E-state index is -0.0426. The molecule has 0 radical (unpaired) electrons. The van der Waals surface area contributed by atoms with Gasteiger partial charge in [-0.15, -0.1) is 5.10 Å². The van der Waals surface area contributed by atoms with E-state index in [1.165, 1.54) is 5.56 Å². The van der Waals surface area contributed by atoms with Crippen LogP contribution in [0.2, 0.25) is 0 Å². The number of nitrogens with two attached hydrogens (primary N) is 1. The van der Waals surface area contributed by atoms with Gasteiger partial charge in [0, 0.05) is 13.0 Å². The van der Waals surface area contributed by atoms with Gasteiger partial charge in [0.2, 0.25) is 11.8 Å². The second-order valence-corrected chi connectivity index (χ2v) is 4.87. The molecule has 2 aromatic rings. The molecule has 1 atom stereocenters. The lowest BCUT2D eigenvalue weighted by Crippen LogP contribution is -2.30. The number of carbonyl (C=O) groups is 1. The molecule has 104 valence electrons. The number of nitrogens with one attached hydrogen (secondary N) is 1. The summed E-state index contributed by atoms with van der Waals surface area (Å²) in [6.07, 6.45) is 2.33. The van der Waals surface area contributed by atoms with Crippen LogP contribution in [0.25, 0.3) is 0 Å². The van der Waals surface area contributed by atoms with Gasteiger partial charge < -0.3 is 15.5 Å². The molecule has 0 spiro atoms. The average molecular weight is 272 g/mol. The Labute approximate surface area is 116 Å². The van der Waals surface area contributed by atoms with Crippen molar-refractivity contribution in [3.05, 3.63) is 41.3 Å². The van der Waals surface area contributed by atoms with Crippen molar-refractivity contribution in [2.75, 3.05) is 12.3 Å². The van der Waals surface area contributed by atoms with E-state index < -0.39 is 0 Å². The minimum Gasteiger partial charge on any atom is -0.408 e. The van der Waals surface area contributed by atoms with E-state index in [0.717, 1.165) is 18.4 Å². The van der Waals surface area contributed by atoms with Gasteiger partial charge in [-0.1, -0.05) is 29.4 Å². The summed E-state index contributed by atoms with van der Waals surface area (Å²) >= 11 is 0. The summed E-state index contributed by atoms with van der Waals surface area (Å²) in [4.78, 5) is 12.2. The fourth-order valence-electron chi connectivity index (χ4n) is 2.61. The molecule has 20 heavy (non-hydrogen) atoms. The van der Waals surface area contributed by atoms with Crippen LogP contribution in [-0.4, -0.2) is 22.6 Å². The lowest BCUT2D eigenvalue weighted by molar-refractivity contribution is -0.122. The SMILES string of the molecule is Nc1nnc(CCNC(=O)[C@@H]2CCc3ccccc32)o1. The monoisotopic (exact) mass is 272 g/mol. The smallest absolute Gasteiger partial charge is 0.312 e. The van der Waals surface area contributed by atoms with Crippen molar-refractivity contribution in [1.29, 1.82) is 0 Å². The molecule has 0 saturated carbocycles. The first-order chi connectivity index (χ1) is 9.74. The maximum atomic E-state index is 12.2. The Balaban J connectivity index is 1.55. The van der Waals surface area contributed by atoms with E-state index in [0.29, 0.717) is 18.9 Å². The Morgan fingerprint density at radius 2 is 2.25 bits per heavy atom. The van der Waals surface area contributed by atoms with Crippen molar-refractivity contribution in [3.63, 3.8) is 0 Å². The first kappa shape index (κ1) is 12.7. The van der Waals surface area contributed by atoms with Crippen LogP contribution in [0.4, 0.5) is 6.01 Å². The summed E-state index contributed by atoms with van der Waals surface area (Å²) in [5.74, 6) is 0.455. The normalized spacial score (nSPS) is 16.9. The molecule has 0 fully saturated rings. The third-order valence-corrected chi connectivity index (χ3v) is 3.57. The Kier molecular flexibility index (Phi) is 3.37. The quantitative estimate of drug-likeness (QED) is 0.867. The van der Waals surface area contributed by atoms with E-state index in [4.69, 9.17) is 10.2 Å². The van der Waals surface area contributed by atoms with Crippen LogP contribution in [0.3, 0.4) is 0 Å². The highest BCUT2D eigenvalue weighted by Gasteiger charge is 2.27. The van der Waals surface area contributed by atoms with Crippen LogP contribution in [0.1, 0.15) is 29.4 Å². The number of nitrogens with zero attached hydrogens (tertiary/aromatic N) is 2. The number of aromatic nitrogens is 2. The van der Waals surface area contributed by atoms with Crippen molar-refractivity contribution < 1.29 is 9.21 Å². The van der Waals surface area contributed by atoms with Crippen molar-refractivity contribution in [2.45, 2.75) is 25.2 Å². The molecule has 1 aliphatic carbocycles. The van der Waals surface area contributed by atoms with Crippen LogP contribution in [0, 0.1) is 0 Å². The van der Waals surface area contributed by atoms with Crippen LogP contribution in [-0.2, 0) is 17.6 Å². The second-order valence-electron chi connectivity index (χ2n) is 4.87. The summed E-state index contributed by atoms with van der Waals surface area (Å²) in [5.41, 5.74) is 7.76.